The number of carbonyl (C=O) groups is 1. The van der Waals surface area contributed by atoms with Crippen LogP contribution in [-0.2, 0) is 16.1 Å². The van der Waals surface area contributed by atoms with Gasteiger partial charge < -0.3 is 4.74 Å². The normalized spacial score (nSPS) is 29.3. The van der Waals surface area contributed by atoms with Crippen LogP contribution < -0.4 is 0 Å². The van der Waals surface area contributed by atoms with Gasteiger partial charge in [0, 0.05) is 6.04 Å². The highest BCUT2D eigenvalue weighted by Gasteiger charge is 2.45. The van der Waals surface area contributed by atoms with Crippen LogP contribution in [0.3, 0.4) is 0 Å². The second kappa shape index (κ2) is 6.62. The fourth-order valence-electron chi connectivity index (χ4n) is 3.69. The molecule has 7 heteroatoms. The number of rotatable bonds is 4. The van der Waals surface area contributed by atoms with E-state index in [0.29, 0.717) is 12.0 Å². The molecule has 1 aromatic rings. The number of likely N-dealkylation sites (tertiary alicyclic amines) is 1. The van der Waals surface area contributed by atoms with Gasteiger partial charge in [-0.1, -0.05) is 35.9 Å². The number of fused-ring (bicyclic) bond motifs is 1. The number of methoxy groups -OCH3 is 1. The Hall–Kier alpha value is -0.660. The number of thioether (sulfide) groups is 1. The molecule has 116 valence electrons. The molecule has 1 aliphatic carbocycles. The highest BCUT2D eigenvalue weighted by Crippen LogP contribution is 2.41. The van der Waals surface area contributed by atoms with Crippen molar-refractivity contribution in [1.29, 1.82) is 0 Å². The number of esters is 1. The molecule has 1 saturated carbocycles. The molecule has 2 fully saturated rings. The summed E-state index contributed by atoms with van der Waals surface area (Å²) in [6.45, 7) is 0.721. The molecule has 1 aromatic heterocycles. The second-order valence-corrected chi connectivity index (χ2v) is 7.84. The van der Waals surface area contributed by atoms with E-state index in [1.165, 1.54) is 32.8 Å². The van der Waals surface area contributed by atoms with E-state index in [-0.39, 0.29) is 12.0 Å². The SMILES string of the molecule is COC(=O)[C@@H]1C[C@@H]2CCCC[C@H]2N1Cc1nnc(SC)s1. The van der Waals surface area contributed by atoms with Gasteiger partial charge in [-0.2, -0.15) is 0 Å². The molecule has 3 rings (SSSR count). The van der Waals surface area contributed by atoms with Gasteiger partial charge in [-0.25, -0.2) is 0 Å². The lowest BCUT2D eigenvalue weighted by molar-refractivity contribution is -0.146. The summed E-state index contributed by atoms with van der Waals surface area (Å²) in [4.78, 5) is 14.4. The Balaban J connectivity index is 1.78. The van der Waals surface area contributed by atoms with Crippen LogP contribution >= 0.6 is 23.1 Å². The Morgan fingerprint density at radius 1 is 1.43 bits per heavy atom. The third kappa shape index (κ3) is 3.10. The first-order valence-electron chi connectivity index (χ1n) is 7.43. The van der Waals surface area contributed by atoms with E-state index in [1.54, 1.807) is 23.1 Å². The molecule has 0 aromatic carbocycles. The van der Waals surface area contributed by atoms with Crippen molar-refractivity contribution in [2.24, 2.45) is 5.92 Å². The minimum atomic E-state index is -0.107. The zero-order valence-electron chi connectivity index (χ0n) is 12.4. The molecule has 5 nitrogen and oxygen atoms in total. The molecule has 21 heavy (non-hydrogen) atoms. The third-order valence-corrected chi connectivity index (χ3v) is 6.52. The Labute approximate surface area is 133 Å². The Kier molecular flexibility index (Phi) is 4.81. The summed E-state index contributed by atoms with van der Waals surface area (Å²) in [6.07, 6.45) is 7.92. The van der Waals surface area contributed by atoms with E-state index < -0.39 is 0 Å². The van der Waals surface area contributed by atoms with Crippen LogP contribution in [0.15, 0.2) is 4.34 Å². The predicted molar refractivity (Wildman–Crippen MR) is 83.4 cm³/mol. The molecule has 2 aliphatic rings. The predicted octanol–water partition coefficient (Wildman–Crippen LogP) is 2.57. The van der Waals surface area contributed by atoms with Crippen molar-refractivity contribution < 1.29 is 9.53 Å². The van der Waals surface area contributed by atoms with Gasteiger partial charge in [0.25, 0.3) is 0 Å². The van der Waals surface area contributed by atoms with E-state index in [2.05, 4.69) is 15.1 Å². The molecule has 0 spiro atoms. The molecule has 1 aliphatic heterocycles. The largest absolute Gasteiger partial charge is 0.468 e. The summed E-state index contributed by atoms with van der Waals surface area (Å²) in [5, 5.41) is 9.42. The summed E-state index contributed by atoms with van der Waals surface area (Å²) in [6, 6.07) is 0.397. The van der Waals surface area contributed by atoms with E-state index in [0.717, 1.165) is 22.3 Å². The minimum Gasteiger partial charge on any atom is -0.468 e. The number of hydrogen-bond donors (Lipinski definition) is 0. The zero-order chi connectivity index (χ0) is 14.8. The first kappa shape index (κ1) is 15.2. The van der Waals surface area contributed by atoms with Gasteiger partial charge in [0.2, 0.25) is 0 Å². The third-order valence-electron chi connectivity index (χ3n) is 4.64. The van der Waals surface area contributed by atoms with Crippen LogP contribution in [0.2, 0.25) is 0 Å². The maximum Gasteiger partial charge on any atom is 0.323 e. The Morgan fingerprint density at radius 3 is 2.95 bits per heavy atom. The average molecular weight is 327 g/mol. The molecule has 0 unspecified atom stereocenters. The molecular weight excluding hydrogens is 306 g/mol. The molecule has 0 N–H and O–H groups in total. The van der Waals surface area contributed by atoms with E-state index >= 15 is 0 Å². The van der Waals surface area contributed by atoms with Crippen molar-refractivity contribution in [3.05, 3.63) is 5.01 Å². The molecule has 0 bridgehead atoms. The Morgan fingerprint density at radius 2 is 2.24 bits per heavy atom. The molecule has 3 atom stereocenters. The molecule has 2 heterocycles. The van der Waals surface area contributed by atoms with Gasteiger partial charge in [0.1, 0.15) is 11.0 Å². The summed E-state index contributed by atoms with van der Waals surface area (Å²) >= 11 is 3.24. The Bertz CT molecular complexity index is 508. The van der Waals surface area contributed by atoms with Crippen LogP contribution in [-0.4, -0.2) is 46.5 Å². The summed E-state index contributed by atoms with van der Waals surface area (Å²) in [5.74, 6) is 0.537. The fourth-order valence-corrected chi connectivity index (χ4v) is 5.01. The van der Waals surface area contributed by atoms with Crippen molar-refractivity contribution in [3.8, 4) is 0 Å². The van der Waals surface area contributed by atoms with Gasteiger partial charge in [0.05, 0.1) is 13.7 Å². The number of hydrogen-bond acceptors (Lipinski definition) is 7. The molecule has 1 saturated heterocycles. The van der Waals surface area contributed by atoms with Gasteiger partial charge in [-0.15, -0.1) is 10.2 Å². The van der Waals surface area contributed by atoms with Crippen LogP contribution in [0.1, 0.15) is 37.1 Å². The van der Waals surface area contributed by atoms with E-state index in [9.17, 15) is 4.79 Å². The van der Waals surface area contributed by atoms with Crippen molar-refractivity contribution >= 4 is 29.1 Å². The minimum absolute atomic E-state index is 0.0981. The van der Waals surface area contributed by atoms with Crippen molar-refractivity contribution in [1.82, 2.24) is 15.1 Å². The molecule has 0 radical (unpaired) electrons. The van der Waals surface area contributed by atoms with Crippen molar-refractivity contribution in [3.63, 3.8) is 0 Å². The quantitative estimate of drug-likeness (QED) is 0.626. The lowest BCUT2D eigenvalue weighted by atomic mass is 9.85. The summed E-state index contributed by atoms with van der Waals surface area (Å²) < 4.78 is 6.00. The molecule has 0 amide bonds. The van der Waals surface area contributed by atoms with Crippen LogP contribution in [0, 0.1) is 5.92 Å². The van der Waals surface area contributed by atoms with Crippen LogP contribution in [0.25, 0.3) is 0 Å². The maximum atomic E-state index is 12.1. The van der Waals surface area contributed by atoms with Gasteiger partial charge in [0.15, 0.2) is 4.34 Å². The average Bonchev–Trinajstić information content (AvgIpc) is 3.12. The number of aromatic nitrogens is 2. The van der Waals surface area contributed by atoms with Crippen LogP contribution in [0.5, 0.6) is 0 Å². The van der Waals surface area contributed by atoms with Gasteiger partial charge in [-0.3, -0.25) is 9.69 Å². The van der Waals surface area contributed by atoms with E-state index in [4.69, 9.17) is 4.74 Å². The molecular formula is C14H21N3O2S2. The fraction of sp³-hybridized carbons (Fsp3) is 0.786. The van der Waals surface area contributed by atoms with Crippen molar-refractivity contribution in [2.45, 2.75) is 55.1 Å². The highest BCUT2D eigenvalue weighted by atomic mass is 32.2. The first-order chi connectivity index (χ1) is 10.2. The number of ether oxygens (including phenoxy) is 1. The lowest BCUT2D eigenvalue weighted by Gasteiger charge is -2.32. The number of nitrogens with zero attached hydrogens (tertiary/aromatic N) is 3. The van der Waals surface area contributed by atoms with Crippen molar-refractivity contribution in [2.75, 3.05) is 13.4 Å². The second-order valence-electron chi connectivity index (χ2n) is 5.72. The number of carbonyl (C=O) groups excluding carboxylic acids is 1. The maximum absolute atomic E-state index is 12.1. The zero-order valence-corrected chi connectivity index (χ0v) is 14.1. The lowest BCUT2D eigenvalue weighted by Crippen LogP contribution is -2.42. The van der Waals surface area contributed by atoms with Crippen LogP contribution in [0.4, 0.5) is 0 Å². The highest BCUT2D eigenvalue weighted by molar-refractivity contribution is 8.00. The van der Waals surface area contributed by atoms with Gasteiger partial charge >= 0.3 is 5.97 Å². The smallest absolute Gasteiger partial charge is 0.323 e. The van der Waals surface area contributed by atoms with Gasteiger partial charge in [-0.05, 0) is 31.4 Å². The topological polar surface area (TPSA) is 55.3 Å². The van der Waals surface area contributed by atoms with E-state index in [1.807, 2.05) is 6.26 Å². The summed E-state index contributed by atoms with van der Waals surface area (Å²) in [7, 11) is 1.49. The summed E-state index contributed by atoms with van der Waals surface area (Å²) in [5.41, 5.74) is 0. The standard InChI is InChI=1S/C14H21N3O2S2/c1-19-13(18)11-7-9-5-3-4-6-10(9)17(11)8-12-15-16-14(20-2)21-12/h9-11H,3-8H2,1-2H3/t9-,10+,11-/m0/s1. The monoisotopic (exact) mass is 327 g/mol. The first-order valence-corrected chi connectivity index (χ1v) is 9.47.